The Balaban J connectivity index is 1.93. The predicted molar refractivity (Wildman–Crippen MR) is 60.5 cm³/mol. The molecule has 0 aliphatic carbocycles. The molecule has 2 aliphatic rings. The van der Waals surface area contributed by atoms with Crippen molar-refractivity contribution < 1.29 is 0 Å². The number of rotatable bonds is 1. The van der Waals surface area contributed by atoms with Crippen LogP contribution < -0.4 is 5.32 Å². The van der Waals surface area contributed by atoms with Gasteiger partial charge in [-0.3, -0.25) is 0 Å². The maximum absolute atomic E-state index is 3.54. The van der Waals surface area contributed by atoms with Crippen molar-refractivity contribution in [3.63, 3.8) is 0 Å². The van der Waals surface area contributed by atoms with Crippen LogP contribution in [0.2, 0.25) is 0 Å². The molecule has 2 fully saturated rings. The molecule has 0 amide bonds. The fourth-order valence-electron chi connectivity index (χ4n) is 3.01. The zero-order valence-corrected chi connectivity index (χ0v) is 9.68. The standard InChI is InChI=1S/C12H24N2/c1-11(2)14-8-3-4-12(6-9-14)5-7-13-10-12/h11,13H,3-10H2,1-2H3. The predicted octanol–water partition coefficient (Wildman–Crippen LogP) is 1.86. The zero-order valence-electron chi connectivity index (χ0n) is 9.68. The molecule has 1 atom stereocenters. The van der Waals surface area contributed by atoms with Crippen molar-refractivity contribution in [1.29, 1.82) is 0 Å². The van der Waals surface area contributed by atoms with Gasteiger partial charge in [0, 0.05) is 12.6 Å². The summed E-state index contributed by atoms with van der Waals surface area (Å²) in [4.78, 5) is 2.65. The summed E-state index contributed by atoms with van der Waals surface area (Å²) in [6.07, 6.45) is 5.68. The molecule has 0 aromatic carbocycles. The number of hydrogen-bond donors (Lipinski definition) is 1. The molecule has 2 heterocycles. The van der Waals surface area contributed by atoms with Gasteiger partial charge >= 0.3 is 0 Å². The minimum Gasteiger partial charge on any atom is -0.316 e. The largest absolute Gasteiger partial charge is 0.316 e. The van der Waals surface area contributed by atoms with E-state index in [1.165, 1.54) is 51.9 Å². The van der Waals surface area contributed by atoms with Gasteiger partial charge < -0.3 is 10.2 Å². The van der Waals surface area contributed by atoms with E-state index in [2.05, 4.69) is 24.1 Å². The highest BCUT2D eigenvalue weighted by Gasteiger charge is 2.35. The lowest BCUT2D eigenvalue weighted by molar-refractivity contribution is 0.213. The molecule has 0 aromatic heterocycles. The summed E-state index contributed by atoms with van der Waals surface area (Å²) in [5.41, 5.74) is 0.670. The molecule has 2 heteroatoms. The van der Waals surface area contributed by atoms with Crippen molar-refractivity contribution in [3.05, 3.63) is 0 Å². The van der Waals surface area contributed by atoms with E-state index < -0.39 is 0 Å². The molecule has 2 aliphatic heterocycles. The first-order valence-electron chi connectivity index (χ1n) is 6.17. The van der Waals surface area contributed by atoms with E-state index in [1.54, 1.807) is 0 Å². The van der Waals surface area contributed by atoms with E-state index in [0.717, 1.165) is 6.04 Å². The number of nitrogens with zero attached hydrogens (tertiary/aromatic N) is 1. The van der Waals surface area contributed by atoms with Crippen LogP contribution in [-0.4, -0.2) is 37.1 Å². The van der Waals surface area contributed by atoms with Crippen LogP contribution in [0.5, 0.6) is 0 Å². The van der Waals surface area contributed by atoms with E-state index in [4.69, 9.17) is 0 Å². The first-order chi connectivity index (χ1) is 6.72. The molecule has 1 spiro atoms. The van der Waals surface area contributed by atoms with Crippen LogP contribution in [-0.2, 0) is 0 Å². The third-order valence-corrected chi connectivity index (χ3v) is 4.14. The molecule has 2 rings (SSSR count). The highest BCUT2D eigenvalue weighted by molar-refractivity contribution is 4.90. The summed E-state index contributed by atoms with van der Waals surface area (Å²) >= 11 is 0. The SMILES string of the molecule is CC(C)N1CCCC2(CCNC2)CC1. The van der Waals surface area contributed by atoms with Gasteiger partial charge in [0.2, 0.25) is 0 Å². The first-order valence-corrected chi connectivity index (χ1v) is 6.17. The molecule has 1 N–H and O–H groups in total. The fraction of sp³-hybridized carbons (Fsp3) is 1.00. The van der Waals surface area contributed by atoms with Crippen molar-refractivity contribution in [2.75, 3.05) is 26.2 Å². The van der Waals surface area contributed by atoms with Gasteiger partial charge in [-0.15, -0.1) is 0 Å². The van der Waals surface area contributed by atoms with Crippen LogP contribution in [0.25, 0.3) is 0 Å². The van der Waals surface area contributed by atoms with E-state index in [1.807, 2.05) is 0 Å². The van der Waals surface area contributed by atoms with Crippen molar-refractivity contribution in [2.24, 2.45) is 5.41 Å². The molecule has 0 aromatic rings. The van der Waals surface area contributed by atoms with Gasteiger partial charge in [-0.05, 0) is 64.6 Å². The summed E-state index contributed by atoms with van der Waals surface area (Å²) < 4.78 is 0. The highest BCUT2D eigenvalue weighted by Crippen LogP contribution is 2.37. The Morgan fingerprint density at radius 1 is 1.14 bits per heavy atom. The van der Waals surface area contributed by atoms with Crippen LogP contribution >= 0.6 is 0 Å². The zero-order chi connectivity index (χ0) is 10.0. The summed E-state index contributed by atoms with van der Waals surface area (Å²) in [7, 11) is 0. The third-order valence-electron chi connectivity index (χ3n) is 4.14. The van der Waals surface area contributed by atoms with E-state index in [0.29, 0.717) is 5.41 Å². The van der Waals surface area contributed by atoms with Gasteiger partial charge in [-0.2, -0.15) is 0 Å². The molecule has 0 radical (unpaired) electrons. The summed E-state index contributed by atoms with van der Waals surface area (Å²) in [6, 6.07) is 0.736. The summed E-state index contributed by atoms with van der Waals surface area (Å²) in [5.74, 6) is 0. The van der Waals surface area contributed by atoms with Gasteiger partial charge in [0.05, 0.1) is 0 Å². The van der Waals surface area contributed by atoms with Gasteiger partial charge in [0.15, 0.2) is 0 Å². The van der Waals surface area contributed by atoms with Gasteiger partial charge in [0.1, 0.15) is 0 Å². The smallest absolute Gasteiger partial charge is 0.00385 e. The number of likely N-dealkylation sites (tertiary alicyclic amines) is 1. The lowest BCUT2D eigenvalue weighted by Gasteiger charge is -2.28. The summed E-state index contributed by atoms with van der Waals surface area (Å²) in [6.45, 7) is 9.81. The lowest BCUT2D eigenvalue weighted by Crippen LogP contribution is -2.33. The van der Waals surface area contributed by atoms with Crippen LogP contribution in [0.15, 0.2) is 0 Å². The Bertz CT molecular complexity index is 183. The monoisotopic (exact) mass is 196 g/mol. The Hall–Kier alpha value is -0.0800. The second-order valence-corrected chi connectivity index (χ2v) is 5.41. The van der Waals surface area contributed by atoms with E-state index >= 15 is 0 Å². The average molecular weight is 196 g/mol. The van der Waals surface area contributed by atoms with E-state index in [-0.39, 0.29) is 0 Å². The Morgan fingerprint density at radius 2 is 2.00 bits per heavy atom. The molecular weight excluding hydrogens is 172 g/mol. The van der Waals surface area contributed by atoms with Crippen molar-refractivity contribution >= 4 is 0 Å². The third kappa shape index (κ3) is 2.12. The number of nitrogens with one attached hydrogen (secondary N) is 1. The topological polar surface area (TPSA) is 15.3 Å². The Morgan fingerprint density at radius 3 is 2.64 bits per heavy atom. The Kier molecular flexibility index (Phi) is 3.13. The Labute approximate surface area is 88.1 Å². The fourth-order valence-corrected chi connectivity index (χ4v) is 3.01. The molecule has 1 unspecified atom stereocenters. The maximum atomic E-state index is 3.54. The lowest BCUT2D eigenvalue weighted by atomic mass is 9.80. The van der Waals surface area contributed by atoms with Crippen LogP contribution in [0.4, 0.5) is 0 Å². The minimum atomic E-state index is 0.670. The highest BCUT2D eigenvalue weighted by atomic mass is 15.1. The van der Waals surface area contributed by atoms with Crippen molar-refractivity contribution in [2.45, 2.75) is 45.6 Å². The normalized spacial score (nSPS) is 35.4. The second-order valence-electron chi connectivity index (χ2n) is 5.41. The maximum Gasteiger partial charge on any atom is 0.00385 e. The quantitative estimate of drug-likeness (QED) is 0.688. The first kappa shape index (κ1) is 10.4. The van der Waals surface area contributed by atoms with Crippen LogP contribution in [0, 0.1) is 5.41 Å². The minimum absolute atomic E-state index is 0.670. The number of hydrogen-bond acceptors (Lipinski definition) is 2. The molecule has 14 heavy (non-hydrogen) atoms. The molecule has 2 nitrogen and oxygen atoms in total. The summed E-state index contributed by atoms with van der Waals surface area (Å²) in [5, 5.41) is 3.54. The molecule has 2 saturated heterocycles. The molecule has 0 bridgehead atoms. The van der Waals surface area contributed by atoms with Gasteiger partial charge in [0.25, 0.3) is 0 Å². The molecule has 0 saturated carbocycles. The second kappa shape index (κ2) is 4.19. The van der Waals surface area contributed by atoms with Crippen molar-refractivity contribution in [3.8, 4) is 0 Å². The van der Waals surface area contributed by atoms with E-state index in [9.17, 15) is 0 Å². The average Bonchev–Trinajstić information content (AvgIpc) is 2.47. The molecular formula is C12H24N2. The van der Waals surface area contributed by atoms with Gasteiger partial charge in [-0.1, -0.05) is 0 Å². The van der Waals surface area contributed by atoms with Gasteiger partial charge in [-0.25, -0.2) is 0 Å². The van der Waals surface area contributed by atoms with Crippen LogP contribution in [0.1, 0.15) is 39.5 Å². The molecule has 82 valence electrons. The van der Waals surface area contributed by atoms with Crippen LogP contribution in [0.3, 0.4) is 0 Å². The van der Waals surface area contributed by atoms with Crippen molar-refractivity contribution in [1.82, 2.24) is 10.2 Å².